The van der Waals surface area contributed by atoms with E-state index >= 15 is 0 Å². The summed E-state index contributed by atoms with van der Waals surface area (Å²) in [5, 5.41) is 9.54. The van der Waals surface area contributed by atoms with Gasteiger partial charge in [0.15, 0.2) is 0 Å². The van der Waals surface area contributed by atoms with E-state index < -0.39 is 0 Å². The number of nitrogens with one attached hydrogen (secondary N) is 2. The highest BCUT2D eigenvalue weighted by Crippen LogP contribution is 2.23. The number of methoxy groups -OCH3 is 1. The molecule has 0 radical (unpaired) electrons. The Morgan fingerprint density at radius 2 is 2.23 bits per heavy atom. The molecular formula is C20H27N3O2S. The van der Waals surface area contributed by atoms with Gasteiger partial charge in [0.25, 0.3) is 0 Å². The lowest BCUT2D eigenvalue weighted by molar-refractivity contribution is -0.130. The second-order valence-corrected chi connectivity index (χ2v) is 7.74. The zero-order chi connectivity index (χ0) is 18.4. The van der Waals surface area contributed by atoms with Crippen molar-refractivity contribution in [1.29, 1.82) is 0 Å². The molecule has 0 saturated carbocycles. The second-order valence-electron chi connectivity index (χ2n) is 6.81. The molecule has 1 saturated heterocycles. The highest BCUT2D eigenvalue weighted by molar-refractivity contribution is 7.09. The van der Waals surface area contributed by atoms with Gasteiger partial charge in [0.1, 0.15) is 5.01 Å². The van der Waals surface area contributed by atoms with E-state index in [-0.39, 0.29) is 30.0 Å². The van der Waals surface area contributed by atoms with Gasteiger partial charge in [-0.2, -0.15) is 0 Å². The molecule has 1 aromatic carbocycles. The molecule has 2 heterocycles. The van der Waals surface area contributed by atoms with E-state index in [9.17, 15) is 4.79 Å². The van der Waals surface area contributed by atoms with Crippen molar-refractivity contribution in [3.8, 4) is 0 Å². The van der Waals surface area contributed by atoms with Gasteiger partial charge in [-0.3, -0.25) is 4.79 Å². The molecule has 6 heteroatoms. The summed E-state index contributed by atoms with van der Waals surface area (Å²) in [6.45, 7) is 2.94. The van der Waals surface area contributed by atoms with E-state index in [1.165, 1.54) is 5.56 Å². The fourth-order valence-electron chi connectivity index (χ4n) is 3.62. The van der Waals surface area contributed by atoms with Crippen LogP contribution in [0.3, 0.4) is 0 Å². The molecule has 1 fully saturated rings. The largest absolute Gasteiger partial charge is 0.379 e. The fourth-order valence-corrected chi connectivity index (χ4v) is 4.31. The van der Waals surface area contributed by atoms with Crippen LogP contribution in [-0.4, -0.2) is 36.7 Å². The van der Waals surface area contributed by atoms with Crippen LogP contribution in [0.2, 0.25) is 0 Å². The third kappa shape index (κ3) is 4.69. The first-order chi connectivity index (χ1) is 12.7. The summed E-state index contributed by atoms with van der Waals surface area (Å²) in [6, 6.07) is 10.3. The lowest BCUT2D eigenvalue weighted by atomic mass is 9.95. The molecule has 4 atom stereocenters. The van der Waals surface area contributed by atoms with Crippen LogP contribution in [-0.2, 0) is 16.0 Å². The summed E-state index contributed by atoms with van der Waals surface area (Å²) in [4.78, 5) is 17.4. The Kier molecular flexibility index (Phi) is 6.77. The van der Waals surface area contributed by atoms with Crippen molar-refractivity contribution in [3.63, 3.8) is 0 Å². The van der Waals surface area contributed by atoms with Gasteiger partial charge in [0.2, 0.25) is 5.91 Å². The van der Waals surface area contributed by atoms with E-state index in [0.29, 0.717) is 0 Å². The molecule has 0 bridgehead atoms. The SMILES string of the molecule is COC(C(C)C(=O)NC(Cc1ccccc1)c1nccs1)[C@@H]1CCCN1. The van der Waals surface area contributed by atoms with Crippen LogP contribution in [0.25, 0.3) is 0 Å². The monoisotopic (exact) mass is 373 g/mol. The molecule has 2 aromatic rings. The number of ether oxygens (including phenoxy) is 1. The zero-order valence-corrected chi connectivity index (χ0v) is 16.2. The average Bonchev–Trinajstić information content (AvgIpc) is 3.37. The first-order valence-corrected chi connectivity index (χ1v) is 10.1. The minimum absolute atomic E-state index is 0.0154. The summed E-state index contributed by atoms with van der Waals surface area (Å²) in [5.41, 5.74) is 1.18. The second kappa shape index (κ2) is 9.26. The maximum absolute atomic E-state index is 13.0. The van der Waals surface area contributed by atoms with Crippen LogP contribution < -0.4 is 10.6 Å². The molecular weight excluding hydrogens is 346 g/mol. The Labute approximate surface area is 159 Å². The normalized spacial score (nSPS) is 20.5. The first-order valence-electron chi connectivity index (χ1n) is 9.19. The van der Waals surface area contributed by atoms with Crippen molar-refractivity contribution in [2.75, 3.05) is 13.7 Å². The van der Waals surface area contributed by atoms with Gasteiger partial charge in [-0.1, -0.05) is 37.3 Å². The van der Waals surface area contributed by atoms with Crippen molar-refractivity contribution in [2.45, 2.75) is 44.4 Å². The molecule has 1 aromatic heterocycles. The molecule has 1 aliphatic heterocycles. The summed E-state index contributed by atoms with van der Waals surface area (Å²) in [7, 11) is 1.69. The minimum atomic E-state index is -0.228. The third-order valence-corrected chi connectivity index (χ3v) is 5.91. The van der Waals surface area contributed by atoms with Crippen LogP contribution in [0, 0.1) is 5.92 Å². The van der Waals surface area contributed by atoms with Crippen LogP contribution in [0.5, 0.6) is 0 Å². The Bertz CT molecular complexity index is 672. The topological polar surface area (TPSA) is 63.2 Å². The number of hydrogen-bond donors (Lipinski definition) is 2. The Morgan fingerprint density at radius 1 is 1.42 bits per heavy atom. The number of amides is 1. The molecule has 1 amide bonds. The zero-order valence-electron chi connectivity index (χ0n) is 15.4. The van der Waals surface area contributed by atoms with Gasteiger partial charge in [-0.15, -0.1) is 11.3 Å². The molecule has 1 aliphatic rings. The van der Waals surface area contributed by atoms with Gasteiger partial charge in [-0.05, 0) is 31.4 Å². The molecule has 0 spiro atoms. The first kappa shape index (κ1) is 19.0. The van der Waals surface area contributed by atoms with Crippen molar-refractivity contribution >= 4 is 17.2 Å². The molecule has 0 aliphatic carbocycles. The lowest BCUT2D eigenvalue weighted by Gasteiger charge is -2.29. The summed E-state index contributed by atoms with van der Waals surface area (Å²) in [5.74, 6) is -0.212. The minimum Gasteiger partial charge on any atom is -0.379 e. The Morgan fingerprint density at radius 3 is 2.85 bits per heavy atom. The van der Waals surface area contributed by atoms with Crippen LogP contribution >= 0.6 is 11.3 Å². The lowest BCUT2D eigenvalue weighted by Crippen LogP contribution is -2.47. The average molecular weight is 374 g/mol. The Hall–Kier alpha value is -1.76. The van der Waals surface area contributed by atoms with Gasteiger partial charge in [-0.25, -0.2) is 4.98 Å². The van der Waals surface area contributed by atoms with Crippen LogP contribution in [0.1, 0.15) is 36.4 Å². The van der Waals surface area contributed by atoms with E-state index in [0.717, 1.165) is 30.8 Å². The van der Waals surface area contributed by atoms with E-state index in [1.54, 1.807) is 24.6 Å². The molecule has 5 nitrogen and oxygen atoms in total. The molecule has 140 valence electrons. The van der Waals surface area contributed by atoms with E-state index in [1.807, 2.05) is 30.5 Å². The third-order valence-electron chi connectivity index (χ3n) is 5.02. The van der Waals surface area contributed by atoms with Crippen molar-refractivity contribution in [3.05, 3.63) is 52.5 Å². The van der Waals surface area contributed by atoms with Crippen LogP contribution in [0.15, 0.2) is 41.9 Å². The number of rotatable bonds is 8. The summed E-state index contributed by atoms with van der Waals surface area (Å²) >= 11 is 1.57. The molecule has 2 N–H and O–H groups in total. The molecule has 26 heavy (non-hydrogen) atoms. The summed E-state index contributed by atoms with van der Waals surface area (Å²) in [6.07, 6.45) is 4.58. The van der Waals surface area contributed by atoms with E-state index in [4.69, 9.17) is 4.74 Å². The highest BCUT2D eigenvalue weighted by atomic mass is 32.1. The maximum atomic E-state index is 13.0. The molecule has 3 unspecified atom stereocenters. The number of benzene rings is 1. The highest BCUT2D eigenvalue weighted by Gasteiger charge is 2.34. The predicted molar refractivity (Wildman–Crippen MR) is 104 cm³/mol. The summed E-state index contributed by atoms with van der Waals surface area (Å²) < 4.78 is 5.67. The number of thiazole rings is 1. The number of aromatic nitrogens is 1. The van der Waals surface area contributed by atoms with Crippen molar-refractivity contribution in [2.24, 2.45) is 5.92 Å². The number of carbonyl (C=O) groups is 1. The van der Waals surface area contributed by atoms with Crippen molar-refractivity contribution < 1.29 is 9.53 Å². The number of hydrogen-bond acceptors (Lipinski definition) is 5. The van der Waals surface area contributed by atoms with Crippen LogP contribution in [0.4, 0.5) is 0 Å². The number of nitrogens with zero attached hydrogens (tertiary/aromatic N) is 1. The van der Waals surface area contributed by atoms with Gasteiger partial charge in [0.05, 0.1) is 18.1 Å². The standard InChI is InChI=1S/C20H27N3O2S/c1-14(18(25-2)16-9-6-10-21-16)19(24)23-17(20-22-11-12-26-20)13-15-7-4-3-5-8-15/h3-5,7-8,11-12,14,16-18,21H,6,9-10,13H2,1-2H3,(H,23,24)/t14?,16-,17?,18?/m0/s1. The predicted octanol–water partition coefficient (Wildman–Crippen LogP) is 2.95. The maximum Gasteiger partial charge on any atom is 0.226 e. The van der Waals surface area contributed by atoms with Gasteiger partial charge >= 0.3 is 0 Å². The number of carbonyl (C=O) groups excluding carboxylic acids is 1. The quantitative estimate of drug-likeness (QED) is 0.747. The van der Waals surface area contributed by atoms with Crippen molar-refractivity contribution in [1.82, 2.24) is 15.6 Å². The smallest absolute Gasteiger partial charge is 0.226 e. The molecule has 3 rings (SSSR count). The van der Waals surface area contributed by atoms with Gasteiger partial charge < -0.3 is 15.4 Å². The Balaban J connectivity index is 1.70. The van der Waals surface area contributed by atoms with Gasteiger partial charge in [0, 0.05) is 24.7 Å². The van der Waals surface area contributed by atoms with E-state index in [2.05, 4.69) is 27.8 Å². The fraction of sp³-hybridized carbons (Fsp3) is 0.500.